The molecule has 0 bridgehead atoms. The van der Waals surface area contributed by atoms with Gasteiger partial charge in [-0.1, -0.05) is 43.5 Å². The lowest BCUT2D eigenvalue weighted by molar-refractivity contribution is 0.102. The van der Waals surface area contributed by atoms with E-state index in [2.05, 4.69) is 34.6 Å². The second kappa shape index (κ2) is 9.52. The molecule has 1 N–H and O–H groups in total. The molecule has 1 aliphatic carbocycles. The zero-order valence-corrected chi connectivity index (χ0v) is 19.1. The van der Waals surface area contributed by atoms with Crippen LogP contribution < -0.4 is 14.8 Å². The number of benzene rings is 2. The van der Waals surface area contributed by atoms with E-state index in [4.69, 9.17) is 9.47 Å². The van der Waals surface area contributed by atoms with Crippen LogP contribution in [-0.2, 0) is 0 Å². The van der Waals surface area contributed by atoms with Gasteiger partial charge >= 0.3 is 0 Å². The number of anilines is 1. The van der Waals surface area contributed by atoms with Crippen molar-refractivity contribution >= 4 is 22.4 Å². The van der Waals surface area contributed by atoms with Crippen molar-refractivity contribution in [1.29, 1.82) is 0 Å². The standard InChI is InChI=1S/C25H28N2O3S/c1-16-22(29-2)13-20(14-23(16)30-3)24(28)27-25-26-21(15-31-25)19-11-9-18(10-12-19)17-7-5-4-6-8-17/h9-15,17H,4-8H2,1-3H3,(H,26,27,28). The molecule has 1 saturated carbocycles. The Morgan fingerprint density at radius 1 is 1.03 bits per heavy atom. The number of carbonyl (C=O) groups excluding carboxylic acids is 1. The zero-order valence-electron chi connectivity index (χ0n) is 18.2. The molecule has 162 valence electrons. The first-order chi connectivity index (χ1) is 15.1. The van der Waals surface area contributed by atoms with Crippen molar-refractivity contribution in [2.24, 2.45) is 0 Å². The highest BCUT2D eigenvalue weighted by Gasteiger charge is 2.17. The average Bonchev–Trinajstić information content (AvgIpc) is 3.28. The van der Waals surface area contributed by atoms with Crippen molar-refractivity contribution < 1.29 is 14.3 Å². The van der Waals surface area contributed by atoms with Crippen LogP contribution in [-0.4, -0.2) is 25.1 Å². The molecule has 6 heteroatoms. The molecule has 1 aliphatic rings. The van der Waals surface area contributed by atoms with Crippen LogP contribution in [0.15, 0.2) is 41.8 Å². The number of nitrogens with zero attached hydrogens (tertiary/aromatic N) is 1. The SMILES string of the molecule is COc1cc(C(=O)Nc2nc(-c3ccc(C4CCCCC4)cc3)cs2)cc(OC)c1C. The lowest BCUT2D eigenvalue weighted by Crippen LogP contribution is -2.12. The summed E-state index contributed by atoms with van der Waals surface area (Å²) in [6.45, 7) is 1.89. The average molecular weight is 437 g/mol. The Balaban J connectivity index is 1.47. The van der Waals surface area contributed by atoms with E-state index in [-0.39, 0.29) is 5.91 Å². The third-order valence-corrected chi connectivity index (χ3v) is 6.78. The summed E-state index contributed by atoms with van der Waals surface area (Å²) in [6.07, 6.45) is 6.62. The number of hydrogen-bond acceptors (Lipinski definition) is 5. The van der Waals surface area contributed by atoms with E-state index >= 15 is 0 Å². The van der Waals surface area contributed by atoms with Gasteiger partial charge in [-0.05, 0) is 43.4 Å². The summed E-state index contributed by atoms with van der Waals surface area (Å²) in [5.41, 5.74) is 4.68. The van der Waals surface area contributed by atoms with Crippen LogP contribution in [0.3, 0.4) is 0 Å². The van der Waals surface area contributed by atoms with Crippen LogP contribution in [0.25, 0.3) is 11.3 Å². The minimum absolute atomic E-state index is 0.245. The van der Waals surface area contributed by atoms with Crippen molar-refractivity contribution in [1.82, 2.24) is 4.98 Å². The Morgan fingerprint density at radius 3 is 2.29 bits per heavy atom. The monoisotopic (exact) mass is 436 g/mol. The molecule has 1 heterocycles. The van der Waals surface area contributed by atoms with Gasteiger partial charge in [0.05, 0.1) is 19.9 Å². The Labute approximate surface area is 187 Å². The Kier molecular flexibility index (Phi) is 6.56. The molecular formula is C25H28N2O3S. The number of amides is 1. The molecule has 5 nitrogen and oxygen atoms in total. The highest BCUT2D eigenvalue weighted by molar-refractivity contribution is 7.14. The van der Waals surface area contributed by atoms with Crippen molar-refractivity contribution in [3.63, 3.8) is 0 Å². The quantitative estimate of drug-likeness (QED) is 0.483. The molecule has 2 aromatic carbocycles. The number of rotatable bonds is 6. The fraction of sp³-hybridized carbons (Fsp3) is 0.360. The maximum absolute atomic E-state index is 12.8. The first kappa shape index (κ1) is 21.4. The summed E-state index contributed by atoms with van der Waals surface area (Å²) in [6, 6.07) is 12.2. The first-order valence-corrected chi connectivity index (χ1v) is 11.6. The lowest BCUT2D eigenvalue weighted by atomic mass is 9.84. The van der Waals surface area contributed by atoms with Gasteiger partial charge in [-0.15, -0.1) is 11.3 Å². The van der Waals surface area contributed by atoms with Gasteiger partial charge in [-0.3, -0.25) is 10.1 Å². The van der Waals surface area contributed by atoms with Gasteiger partial charge in [0.2, 0.25) is 0 Å². The Hall–Kier alpha value is -2.86. The Morgan fingerprint density at radius 2 is 1.68 bits per heavy atom. The van der Waals surface area contributed by atoms with Crippen molar-refractivity contribution in [2.45, 2.75) is 44.9 Å². The first-order valence-electron chi connectivity index (χ1n) is 10.7. The van der Waals surface area contributed by atoms with E-state index in [1.54, 1.807) is 26.4 Å². The van der Waals surface area contributed by atoms with Gasteiger partial charge in [0.15, 0.2) is 5.13 Å². The molecule has 1 fully saturated rings. The molecule has 0 unspecified atom stereocenters. The van der Waals surface area contributed by atoms with Gasteiger partial charge in [-0.2, -0.15) is 0 Å². The predicted octanol–water partition coefficient (Wildman–Crippen LogP) is 6.44. The molecule has 0 spiro atoms. The maximum atomic E-state index is 12.8. The fourth-order valence-corrected chi connectivity index (χ4v) is 4.93. The number of hydrogen-bond donors (Lipinski definition) is 1. The molecule has 31 heavy (non-hydrogen) atoms. The molecular weight excluding hydrogens is 408 g/mol. The van der Waals surface area contributed by atoms with Crippen LogP contribution in [0.4, 0.5) is 5.13 Å². The van der Waals surface area contributed by atoms with Crippen LogP contribution in [0.5, 0.6) is 11.5 Å². The normalized spacial score (nSPS) is 14.3. The number of methoxy groups -OCH3 is 2. The highest BCUT2D eigenvalue weighted by Crippen LogP contribution is 2.34. The number of carbonyl (C=O) groups is 1. The van der Waals surface area contributed by atoms with E-state index < -0.39 is 0 Å². The summed E-state index contributed by atoms with van der Waals surface area (Å²) in [4.78, 5) is 17.4. The summed E-state index contributed by atoms with van der Waals surface area (Å²) in [7, 11) is 3.16. The minimum Gasteiger partial charge on any atom is -0.496 e. The molecule has 0 atom stereocenters. The summed E-state index contributed by atoms with van der Waals surface area (Å²) >= 11 is 1.42. The molecule has 0 aliphatic heterocycles. The van der Waals surface area contributed by atoms with Gasteiger partial charge in [0.25, 0.3) is 5.91 Å². The lowest BCUT2D eigenvalue weighted by Gasteiger charge is -2.22. The summed E-state index contributed by atoms with van der Waals surface area (Å²) in [5.74, 6) is 1.67. The summed E-state index contributed by atoms with van der Waals surface area (Å²) in [5, 5.41) is 5.43. The topological polar surface area (TPSA) is 60.5 Å². The van der Waals surface area contributed by atoms with Crippen LogP contribution >= 0.6 is 11.3 Å². The van der Waals surface area contributed by atoms with Gasteiger partial charge in [0, 0.05) is 22.1 Å². The molecule has 1 amide bonds. The van der Waals surface area contributed by atoms with Crippen LogP contribution in [0.2, 0.25) is 0 Å². The van der Waals surface area contributed by atoms with E-state index in [0.717, 1.165) is 16.8 Å². The second-order valence-electron chi connectivity index (χ2n) is 7.95. The van der Waals surface area contributed by atoms with Gasteiger partial charge < -0.3 is 9.47 Å². The van der Waals surface area contributed by atoms with Gasteiger partial charge in [-0.25, -0.2) is 4.98 Å². The molecule has 0 radical (unpaired) electrons. The smallest absolute Gasteiger partial charge is 0.257 e. The fourth-order valence-electron chi connectivity index (χ4n) is 4.21. The number of ether oxygens (including phenoxy) is 2. The van der Waals surface area contributed by atoms with E-state index in [9.17, 15) is 4.79 Å². The zero-order chi connectivity index (χ0) is 21.8. The minimum atomic E-state index is -0.245. The van der Waals surface area contributed by atoms with Crippen molar-refractivity contribution in [2.75, 3.05) is 19.5 Å². The largest absolute Gasteiger partial charge is 0.496 e. The number of aromatic nitrogens is 1. The third kappa shape index (κ3) is 4.74. The van der Waals surface area contributed by atoms with E-state index in [1.165, 1.54) is 49.0 Å². The van der Waals surface area contributed by atoms with Crippen molar-refractivity contribution in [3.05, 3.63) is 58.5 Å². The molecule has 1 aromatic heterocycles. The molecule has 3 aromatic rings. The molecule has 0 saturated heterocycles. The van der Waals surface area contributed by atoms with E-state index in [1.807, 2.05) is 12.3 Å². The highest BCUT2D eigenvalue weighted by atomic mass is 32.1. The van der Waals surface area contributed by atoms with Gasteiger partial charge in [0.1, 0.15) is 11.5 Å². The third-order valence-electron chi connectivity index (χ3n) is 6.02. The number of nitrogens with one attached hydrogen (secondary N) is 1. The Bertz CT molecular complexity index is 1030. The second-order valence-corrected chi connectivity index (χ2v) is 8.81. The maximum Gasteiger partial charge on any atom is 0.257 e. The van der Waals surface area contributed by atoms with Crippen molar-refractivity contribution in [3.8, 4) is 22.8 Å². The predicted molar refractivity (Wildman–Crippen MR) is 126 cm³/mol. The van der Waals surface area contributed by atoms with E-state index in [0.29, 0.717) is 28.1 Å². The number of thiazole rings is 1. The molecule has 4 rings (SSSR count). The van der Waals surface area contributed by atoms with Crippen LogP contribution in [0.1, 0.15) is 59.5 Å². The summed E-state index contributed by atoms with van der Waals surface area (Å²) < 4.78 is 10.7. The van der Waals surface area contributed by atoms with Crippen LogP contribution in [0, 0.1) is 6.92 Å².